The van der Waals surface area contributed by atoms with Crippen LogP contribution in [-0.2, 0) is 4.79 Å². The van der Waals surface area contributed by atoms with Gasteiger partial charge in [0.1, 0.15) is 11.9 Å². The van der Waals surface area contributed by atoms with Crippen molar-refractivity contribution in [3.63, 3.8) is 0 Å². The fraction of sp³-hybridized carbons (Fsp3) is 0.200. The Morgan fingerprint density at radius 3 is 3.04 bits per heavy atom. The fourth-order valence-electron chi connectivity index (χ4n) is 2.38. The van der Waals surface area contributed by atoms with Gasteiger partial charge in [0.25, 0.3) is 4.96 Å². The number of amides is 1. The molecule has 25 heavy (non-hydrogen) atoms. The van der Waals surface area contributed by atoms with Crippen molar-refractivity contribution < 1.29 is 14.5 Å². The van der Waals surface area contributed by atoms with Crippen LogP contribution in [0.4, 0.5) is 17.3 Å². The summed E-state index contributed by atoms with van der Waals surface area (Å²) in [6, 6.07) is 6.94. The molecular weight excluding hydrogens is 346 g/mol. The summed E-state index contributed by atoms with van der Waals surface area (Å²) in [7, 11) is 3.13. The fourth-order valence-corrected chi connectivity index (χ4v) is 3.08. The van der Waals surface area contributed by atoms with E-state index >= 15 is 0 Å². The van der Waals surface area contributed by atoms with Crippen LogP contribution in [0.5, 0.6) is 5.75 Å². The number of fused-ring (bicyclic) bond motifs is 1. The Morgan fingerprint density at radius 1 is 1.52 bits per heavy atom. The number of benzene rings is 1. The van der Waals surface area contributed by atoms with Gasteiger partial charge in [-0.1, -0.05) is 17.4 Å². The van der Waals surface area contributed by atoms with Gasteiger partial charge >= 0.3 is 5.82 Å². The van der Waals surface area contributed by atoms with Crippen LogP contribution in [0.25, 0.3) is 4.96 Å². The number of ether oxygens (including phenoxy) is 1. The molecule has 2 heterocycles. The number of nitrogens with one attached hydrogen (secondary N) is 1. The minimum absolute atomic E-state index is 0.0805. The van der Waals surface area contributed by atoms with Gasteiger partial charge in [0.05, 0.1) is 13.7 Å². The van der Waals surface area contributed by atoms with Crippen LogP contribution in [-0.4, -0.2) is 40.9 Å². The number of carbonyl (C=O) groups is 1. The lowest BCUT2D eigenvalue weighted by Gasteiger charge is -2.15. The summed E-state index contributed by atoms with van der Waals surface area (Å²) >= 11 is 1.29. The van der Waals surface area contributed by atoms with E-state index < -0.39 is 4.92 Å². The quantitative estimate of drug-likeness (QED) is 0.534. The minimum atomic E-state index is -0.501. The Hall–Kier alpha value is -3.14. The van der Waals surface area contributed by atoms with Gasteiger partial charge in [0.15, 0.2) is 0 Å². The van der Waals surface area contributed by atoms with Gasteiger partial charge in [-0.2, -0.15) is 9.38 Å². The van der Waals surface area contributed by atoms with Gasteiger partial charge in [-0.25, -0.2) is 0 Å². The third-order valence-electron chi connectivity index (χ3n) is 3.49. The van der Waals surface area contributed by atoms with E-state index in [4.69, 9.17) is 4.74 Å². The summed E-state index contributed by atoms with van der Waals surface area (Å²) in [4.78, 5) is 29.3. The molecule has 0 saturated heterocycles. The molecular formula is C15H15N5O4S. The Kier molecular flexibility index (Phi) is 4.52. The number of aromatic nitrogens is 2. The largest absolute Gasteiger partial charge is 0.497 e. The first-order valence-electron chi connectivity index (χ1n) is 7.24. The number of rotatable bonds is 6. The van der Waals surface area contributed by atoms with Crippen molar-refractivity contribution in [2.45, 2.75) is 0 Å². The predicted molar refractivity (Wildman–Crippen MR) is 94.6 cm³/mol. The normalized spacial score (nSPS) is 10.6. The average molecular weight is 361 g/mol. The molecule has 0 saturated carbocycles. The highest BCUT2D eigenvalue weighted by molar-refractivity contribution is 7.15. The van der Waals surface area contributed by atoms with Gasteiger partial charge in [-0.05, 0) is 17.1 Å². The summed E-state index contributed by atoms with van der Waals surface area (Å²) < 4.78 is 6.50. The molecule has 0 radical (unpaired) electrons. The van der Waals surface area contributed by atoms with E-state index in [9.17, 15) is 14.9 Å². The number of nitro groups is 1. The van der Waals surface area contributed by atoms with Crippen molar-refractivity contribution in [3.8, 4) is 5.75 Å². The Morgan fingerprint density at radius 2 is 2.32 bits per heavy atom. The maximum absolute atomic E-state index is 12.2. The van der Waals surface area contributed by atoms with Gasteiger partial charge in [0.2, 0.25) is 11.7 Å². The number of nitrogens with zero attached hydrogens (tertiary/aromatic N) is 4. The minimum Gasteiger partial charge on any atom is -0.497 e. The van der Waals surface area contributed by atoms with Crippen LogP contribution in [0, 0.1) is 10.1 Å². The Balaban J connectivity index is 1.76. The maximum Gasteiger partial charge on any atom is 0.373 e. The molecule has 10 heteroatoms. The van der Waals surface area contributed by atoms with Crippen molar-refractivity contribution in [1.29, 1.82) is 0 Å². The molecule has 3 rings (SSSR count). The topological polar surface area (TPSA) is 102 Å². The lowest BCUT2D eigenvalue weighted by molar-refractivity contribution is -0.389. The number of anilines is 2. The highest BCUT2D eigenvalue weighted by atomic mass is 32.1. The number of methoxy groups -OCH3 is 1. The van der Waals surface area contributed by atoms with Gasteiger partial charge in [0, 0.05) is 24.2 Å². The summed E-state index contributed by atoms with van der Waals surface area (Å²) in [5, 5.41) is 15.8. The highest BCUT2D eigenvalue weighted by Gasteiger charge is 2.27. The first-order chi connectivity index (χ1) is 12.0. The molecule has 0 spiro atoms. The zero-order valence-corrected chi connectivity index (χ0v) is 14.3. The first-order valence-corrected chi connectivity index (χ1v) is 8.12. The summed E-state index contributed by atoms with van der Waals surface area (Å²) in [5.74, 6) is 0.295. The second-order valence-corrected chi connectivity index (χ2v) is 6.08. The third-order valence-corrected chi connectivity index (χ3v) is 4.24. The molecule has 9 nitrogen and oxygen atoms in total. The molecule has 2 aromatic heterocycles. The molecule has 0 aliphatic rings. The number of hydrogen-bond donors (Lipinski definition) is 1. The zero-order chi connectivity index (χ0) is 18.0. The Bertz CT molecular complexity index is 935. The highest BCUT2D eigenvalue weighted by Crippen LogP contribution is 2.30. The summed E-state index contributed by atoms with van der Waals surface area (Å²) in [6.45, 7) is -0.0805. The van der Waals surface area contributed by atoms with Crippen molar-refractivity contribution in [1.82, 2.24) is 9.38 Å². The second-order valence-electron chi connectivity index (χ2n) is 5.21. The number of hydrogen-bond acceptors (Lipinski definition) is 7. The first kappa shape index (κ1) is 16.7. The SMILES string of the molecule is COc1cccc(NC(=O)CN(C)c2nc3sccn3c2[N+](=O)[O-])c1. The Labute approximate surface area is 146 Å². The van der Waals surface area contributed by atoms with Crippen LogP contribution in [0.1, 0.15) is 0 Å². The van der Waals surface area contributed by atoms with Gasteiger partial charge < -0.3 is 25.1 Å². The number of thiazole rings is 1. The second kappa shape index (κ2) is 6.77. The molecule has 1 N–H and O–H groups in total. The molecule has 0 aliphatic carbocycles. The van der Waals surface area contributed by atoms with E-state index in [0.717, 1.165) is 0 Å². The lowest BCUT2D eigenvalue weighted by Crippen LogP contribution is -2.30. The maximum atomic E-state index is 12.2. The standard InChI is InChI=1S/C15H15N5O4S/c1-18(9-12(21)16-10-4-3-5-11(8-10)24-2)13-14(20(22)23)19-6-7-25-15(19)17-13/h3-8H,9H2,1-2H3,(H,16,21). The van der Waals surface area contributed by atoms with Crippen molar-refractivity contribution >= 4 is 39.5 Å². The van der Waals surface area contributed by atoms with E-state index in [1.165, 1.54) is 27.7 Å². The third kappa shape index (κ3) is 3.38. The summed E-state index contributed by atoms with van der Waals surface area (Å²) in [6.07, 6.45) is 1.58. The van der Waals surface area contributed by atoms with Crippen molar-refractivity contribution in [2.75, 3.05) is 30.9 Å². The van der Waals surface area contributed by atoms with E-state index in [0.29, 0.717) is 16.4 Å². The van der Waals surface area contributed by atoms with E-state index in [2.05, 4.69) is 10.3 Å². The van der Waals surface area contributed by atoms with Crippen molar-refractivity contribution in [2.24, 2.45) is 0 Å². The monoisotopic (exact) mass is 361 g/mol. The van der Waals surface area contributed by atoms with Crippen LogP contribution in [0.2, 0.25) is 0 Å². The van der Waals surface area contributed by atoms with E-state index in [-0.39, 0.29) is 24.1 Å². The zero-order valence-electron chi connectivity index (χ0n) is 13.5. The van der Waals surface area contributed by atoms with Crippen LogP contribution in [0.15, 0.2) is 35.8 Å². The molecule has 1 amide bonds. The van der Waals surface area contributed by atoms with Crippen LogP contribution < -0.4 is 15.0 Å². The molecule has 3 aromatic rings. The molecule has 130 valence electrons. The number of likely N-dealkylation sites (N-methyl/N-ethyl adjacent to an activating group) is 1. The van der Waals surface area contributed by atoms with Crippen molar-refractivity contribution in [3.05, 3.63) is 46.0 Å². The smallest absolute Gasteiger partial charge is 0.373 e. The van der Waals surface area contributed by atoms with Gasteiger partial charge in [-0.15, -0.1) is 0 Å². The predicted octanol–water partition coefficient (Wildman–Crippen LogP) is 2.39. The van der Waals surface area contributed by atoms with Gasteiger partial charge in [-0.3, -0.25) is 4.79 Å². The van der Waals surface area contributed by atoms with Crippen LogP contribution >= 0.6 is 11.3 Å². The molecule has 0 bridgehead atoms. The van der Waals surface area contributed by atoms with E-state index in [1.54, 1.807) is 42.9 Å². The number of imidazole rings is 1. The molecule has 0 aliphatic heterocycles. The lowest BCUT2D eigenvalue weighted by atomic mass is 10.3. The molecule has 0 fully saturated rings. The molecule has 0 unspecified atom stereocenters. The molecule has 1 aromatic carbocycles. The summed E-state index contributed by atoms with van der Waals surface area (Å²) in [5.41, 5.74) is 0.582. The molecule has 0 atom stereocenters. The van der Waals surface area contributed by atoms with E-state index in [1.807, 2.05) is 0 Å². The average Bonchev–Trinajstić information content (AvgIpc) is 3.15. The number of carbonyl (C=O) groups excluding carboxylic acids is 1. The van der Waals surface area contributed by atoms with Crippen LogP contribution in [0.3, 0.4) is 0 Å².